The molecule has 100 valence electrons. The lowest BCUT2D eigenvalue weighted by Crippen LogP contribution is -2.39. The molecule has 1 amide bonds. The van der Waals surface area contributed by atoms with Crippen molar-refractivity contribution >= 4 is 11.7 Å². The van der Waals surface area contributed by atoms with Gasteiger partial charge in [0.05, 0.1) is 12.1 Å². The third-order valence-electron chi connectivity index (χ3n) is 2.21. The van der Waals surface area contributed by atoms with Crippen LogP contribution in [-0.4, -0.2) is 49.2 Å². The van der Waals surface area contributed by atoms with Crippen molar-refractivity contribution in [1.29, 1.82) is 0 Å². The monoisotopic (exact) mass is 259 g/mol. The molecule has 0 aliphatic heterocycles. The van der Waals surface area contributed by atoms with E-state index >= 15 is 0 Å². The molecule has 1 heterocycles. The average Bonchev–Trinajstić information content (AvgIpc) is 2.36. The summed E-state index contributed by atoms with van der Waals surface area (Å²) >= 11 is 0. The first-order valence-corrected chi connectivity index (χ1v) is 5.26. The van der Waals surface area contributed by atoms with Gasteiger partial charge in [-0.2, -0.15) is 0 Å². The number of nitrogens with zero attached hydrogens (tertiary/aromatic N) is 2. The number of rotatable bonds is 5. The molecule has 1 aromatic rings. The third-order valence-corrected chi connectivity index (χ3v) is 2.21. The standard InChI is InChI=1S/C11H15F2N3O2/c1-16(2)9-4-3-8(5-14-9)10(18)15-6-11(12,13)7-17/h3-5,17H,6-7H2,1-2H3,(H,15,18). The predicted octanol–water partition coefficient (Wildman–Crippen LogP) is 0.505. The van der Waals surface area contributed by atoms with E-state index in [0.717, 1.165) is 0 Å². The maximum atomic E-state index is 12.7. The second-order valence-electron chi connectivity index (χ2n) is 4.00. The molecule has 0 aromatic carbocycles. The van der Waals surface area contributed by atoms with Crippen molar-refractivity contribution in [2.24, 2.45) is 0 Å². The number of hydrogen-bond acceptors (Lipinski definition) is 4. The van der Waals surface area contributed by atoms with Crippen LogP contribution in [0.2, 0.25) is 0 Å². The molecule has 0 aliphatic rings. The Morgan fingerprint density at radius 2 is 2.17 bits per heavy atom. The lowest BCUT2D eigenvalue weighted by Gasteiger charge is -2.14. The topological polar surface area (TPSA) is 65.5 Å². The summed E-state index contributed by atoms with van der Waals surface area (Å²) < 4.78 is 25.4. The molecule has 5 nitrogen and oxygen atoms in total. The zero-order valence-corrected chi connectivity index (χ0v) is 10.2. The number of carbonyl (C=O) groups excluding carboxylic acids is 1. The number of aromatic nitrogens is 1. The molecular weight excluding hydrogens is 244 g/mol. The molecular formula is C11H15F2N3O2. The van der Waals surface area contributed by atoms with E-state index in [0.29, 0.717) is 5.82 Å². The molecule has 0 spiro atoms. The van der Waals surface area contributed by atoms with Gasteiger partial charge in [-0.15, -0.1) is 0 Å². The first kappa shape index (κ1) is 14.3. The first-order chi connectivity index (χ1) is 8.35. The van der Waals surface area contributed by atoms with E-state index < -0.39 is 25.0 Å². The molecule has 0 bridgehead atoms. The van der Waals surface area contributed by atoms with Crippen molar-refractivity contribution in [3.63, 3.8) is 0 Å². The van der Waals surface area contributed by atoms with Gasteiger partial charge in [-0.25, -0.2) is 13.8 Å². The molecule has 1 aromatic heterocycles. The minimum atomic E-state index is -3.31. The van der Waals surface area contributed by atoms with Gasteiger partial charge in [-0.1, -0.05) is 0 Å². The minimum Gasteiger partial charge on any atom is -0.390 e. The molecule has 18 heavy (non-hydrogen) atoms. The number of amides is 1. The van der Waals surface area contributed by atoms with Crippen molar-refractivity contribution in [2.45, 2.75) is 5.92 Å². The summed E-state index contributed by atoms with van der Waals surface area (Å²) in [5.41, 5.74) is 0.189. The molecule has 1 rings (SSSR count). The average molecular weight is 259 g/mol. The van der Waals surface area contributed by atoms with E-state index in [9.17, 15) is 13.6 Å². The maximum absolute atomic E-state index is 12.7. The maximum Gasteiger partial charge on any atom is 0.287 e. The molecule has 7 heteroatoms. The van der Waals surface area contributed by atoms with Gasteiger partial charge >= 0.3 is 0 Å². The summed E-state index contributed by atoms with van der Waals surface area (Å²) in [7, 11) is 3.59. The number of pyridine rings is 1. The Bertz CT molecular complexity index is 407. The number of anilines is 1. The van der Waals surface area contributed by atoms with E-state index in [-0.39, 0.29) is 5.56 Å². The molecule has 2 N–H and O–H groups in total. The predicted molar refractivity (Wildman–Crippen MR) is 62.9 cm³/mol. The largest absolute Gasteiger partial charge is 0.390 e. The van der Waals surface area contributed by atoms with Crippen LogP contribution in [-0.2, 0) is 0 Å². The first-order valence-electron chi connectivity index (χ1n) is 5.26. The van der Waals surface area contributed by atoms with Crippen LogP contribution in [0.5, 0.6) is 0 Å². The van der Waals surface area contributed by atoms with Crippen LogP contribution in [0.4, 0.5) is 14.6 Å². The SMILES string of the molecule is CN(C)c1ccc(C(=O)NCC(F)(F)CO)cn1. The number of aliphatic hydroxyl groups excluding tert-OH is 1. The van der Waals surface area contributed by atoms with Crippen molar-refractivity contribution in [3.05, 3.63) is 23.9 Å². The third kappa shape index (κ3) is 3.92. The zero-order chi connectivity index (χ0) is 13.8. The van der Waals surface area contributed by atoms with Gasteiger partial charge in [-0.05, 0) is 12.1 Å². The molecule has 0 unspecified atom stereocenters. The van der Waals surface area contributed by atoms with E-state index in [1.807, 2.05) is 5.32 Å². The second-order valence-corrected chi connectivity index (χ2v) is 4.00. The highest BCUT2D eigenvalue weighted by Gasteiger charge is 2.28. The van der Waals surface area contributed by atoms with Gasteiger partial charge in [0.15, 0.2) is 0 Å². The lowest BCUT2D eigenvalue weighted by atomic mass is 10.2. The summed E-state index contributed by atoms with van der Waals surface area (Å²) in [4.78, 5) is 17.3. The fourth-order valence-corrected chi connectivity index (χ4v) is 1.15. The van der Waals surface area contributed by atoms with E-state index in [4.69, 9.17) is 5.11 Å². The van der Waals surface area contributed by atoms with Crippen LogP contribution in [0.25, 0.3) is 0 Å². The van der Waals surface area contributed by atoms with Crippen LogP contribution in [0.15, 0.2) is 18.3 Å². The molecule has 0 atom stereocenters. The Morgan fingerprint density at radius 3 is 2.61 bits per heavy atom. The number of carbonyl (C=O) groups is 1. The van der Waals surface area contributed by atoms with Crippen molar-refractivity contribution in [3.8, 4) is 0 Å². The van der Waals surface area contributed by atoms with Crippen LogP contribution in [0.1, 0.15) is 10.4 Å². The van der Waals surface area contributed by atoms with E-state index in [1.54, 1.807) is 25.1 Å². The molecule has 0 radical (unpaired) electrons. The van der Waals surface area contributed by atoms with Gasteiger partial charge in [0, 0.05) is 20.3 Å². The van der Waals surface area contributed by atoms with Crippen LogP contribution >= 0.6 is 0 Å². The Kier molecular flexibility index (Phi) is 4.55. The minimum absolute atomic E-state index is 0.189. The van der Waals surface area contributed by atoms with Crippen molar-refractivity contribution in [2.75, 3.05) is 32.1 Å². The van der Waals surface area contributed by atoms with E-state index in [1.165, 1.54) is 12.3 Å². The van der Waals surface area contributed by atoms with E-state index in [2.05, 4.69) is 4.98 Å². The normalized spacial score (nSPS) is 11.2. The summed E-state index contributed by atoms with van der Waals surface area (Å²) in [6.45, 7) is -2.21. The number of aliphatic hydroxyl groups is 1. The van der Waals surface area contributed by atoms with Gasteiger partial charge in [0.1, 0.15) is 12.4 Å². The molecule has 0 fully saturated rings. The van der Waals surface area contributed by atoms with Crippen molar-refractivity contribution in [1.82, 2.24) is 10.3 Å². The van der Waals surface area contributed by atoms with Crippen LogP contribution < -0.4 is 10.2 Å². The quantitative estimate of drug-likeness (QED) is 0.808. The molecule has 0 saturated heterocycles. The van der Waals surface area contributed by atoms with Gasteiger partial charge in [0.25, 0.3) is 11.8 Å². The highest BCUT2D eigenvalue weighted by molar-refractivity contribution is 5.94. The number of halogens is 2. The summed E-state index contributed by atoms with van der Waals surface area (Å²) in [5.74, 6) is -3.31. The van der Waals surface area contributed by atoms with Gasteiger partial charge < -0.3 is 15.3 Å². The van der Waals surface area contributed by atoms with Crippen LogP contribution in [0.3, 0.4) is 0 Å². The highest BCUT2D eigenvalue weighted by atomic mass is 19.3. The zero-order valence-electron chi connectivity index (χ0n) is 10.2. The Labute approximate surface area is 103 Å². The fourth-order valence-electron chi connectivity index (χ4n) is 1.15. The lowest BCUT2D eigenvalue weighted by molar-refractivity contribution is -0.0462. The fraction of sp³-hybridized carbons (Fsp3) is 0.455. The Morgan fingerprint density at radius 1 is 1.50 bits per heavy atom. The Hall–Kier alpha value is -1.76. The van der Waals surface area contributed by atoms with Gasteiger partial charge in [0.2, 0.25) is 0 Å². The van der Waals surface area contributed by atoms with Crippen molar-refractivity contribution < 1.29 is 18.7 Å². The smallest absolute Gasteiger partial charge is 0.287 e. The van der Waals surface area contributed by atoms with Crippen LogP contribution in [0, 0.1) is 0 Å². The molecule has 0 saturated carbocycles. The molecule has 0 aliphatic carbocycles. The summed E-state index contributed by atoms with van der Waals surface area (Å²) in [5, 5.41) is 10.4. The number of hydrogen-bond donors (Lipinski definition) is 2. The number of alkyl halides is 2. The van der Waals surface area contributed by atoms with Gasteiger partial charge in [-0.3, -0.25) is 4.79 Å². The Balaban J connectivity index is 2.62. The second kappa shape index (κ2) is 5.72. The number of nitrogens with one attached hydrogen (secondary N) is 1. The summed E-state index contributed by atoms with van der Waals surface area (Å²) in [6.07, 6.45) is 1.31. The summed E-state index contributed by atoms with van der Waals surface area (Å²) in [6, 6.07) is 3.11. The highest BCUT2D eigenvalue weighted by Crippen LogP contribution is 2.11.